The van der Waals surface area contributed by atoms with Crippen molar-refractivity contribution in [2.45, 2.75) is 32.2 Å². The van der Waals surface area contributed by atoms with Gasteiger partial charge < -0.3 is 9.32 Å². The number of aryl methyl sites for hydroxylation is 1. The quantitative estimate of drug-likeness (QED) is 0.662. The molecule has 0 spiro atoms. The number of rotatable bonds is 4. The molecule has 0 unspecified atom stereocenters. The third kappa shape index (κ3) is 3.60. The number of aromatic nitrogens is 2. The molecule has 0 saturated carbocycles. The zero-order valence-electron chi connectivity index (χ0n) is 15.1. The van der Waals surface area contributed by atoms with Gasteiger partial charge in [0.15, 0.2) is 0 Å². The Morgan fingerprint density at radius 1 is 1.26 bits per heavy atom. The Hall–Kier alpha value is -2.66. The average molecular weight is 382 g/mol. The molecule has 4 rings (SSSR count). The number of hydrogen-bond acceptors (Lipinski definition) is 4. The zero-order chi connectivity index (χ0) is 18.8. The van der Waals surface area contributed by atoms with E-state index in [0.717, 1.165) is 29.7 Å². The number of nitrogens with zero attached hydrogens (tertiary/aromatic N) is 3. The van der Waals surface area contributed by atoms with Gasteiger partial charge in [-0.15, -0.1) is 0 Å². The van der Waals surface area contributed by atoms with Crippen LogP contribution in [0.4, 0.5) is 0 Å². The van der Waals surface area contributed by atoms with Gasteiger partial charge in [0.2, 0.25) is 5.89 Å². The van der Waals surface area contributed by atoms with Crippen LogP contribution >= 0.6 is 11.6 Å². The zero-order valence-corrected chi connectivity index (χ0v) is 15.8. The Labute approximate surface area is 163 Å². The molecule has 138 valence electrons. The van der Waals surface area contributed by atoms with Crippen LogP contribution in [0.15, 0.2) is 53.2 Å². The Morgan fingerprint density at radius 2 is 2.11 bits per heavy atom. The molecule has 1 aliphatic heterocycles. The number of pyridine rings is 1. The molecule has 0 aliphatic carbocycles. The first-order chi connectivity index (χ1) is 13.1. The molecular formula is C21H20ClN3O2. The summed E-state index contributed by atoms with van der Waals surface area (Å²) in [7, 11) is 0. The molecule has 1 amide bonds. The lowest BCUT2D eigenvalue weighted by Gasteiger charge is -2.22. The van der Waals surface area contributed by atoms with Gasteiger partial charge in [0.1, 0.15) is 17.5 Å². The van der Waals surface area contributed by atoms with Crippen LogP contribution in [0.5, 0.6) is 0 Å². The highest BCUT2D eigenvalue weighted by atomic mass is 35.5. The van der Waals surface area contributed by atoms with Crippen molar-refractivity contribution in [2.24, 2.45) is 0 Å². The van der Waals surface area contributed by atoms with Crippen LogP contribution in [0, 0.1) is 6.92 Å². The average Bonchev–Trinajstić information content (AvgIpc) is 3.32. The number of amides is 1. The van der Waals surface area contributed by atoms with E-state index < -0.39 is 0 Å². The minimum atomic E-state index is -0.154. The van der Waals surface area contributed by atoms with E-state index in [0.29, 0.717) is 29.6 Å². The second-order valence-corrected chi connectivity index (χ2v) is 7.17. The third-order valence-electron chi connectivity index (χ3n) is 4.90. The van der Waals surface area contributed by atoms with Crippen molar-refractivity contribution in [3.8, 4) is 0 Å². The highest BCUT2D eigenvalue weighted by Gasteiger charge is 2.34. The van der Waals surface area contributed by atoms with E-state index in [-0.39, 0.29) is 11.9 Å². The first-order valence-corrected chi connectivity index (χ1v) is 9.42. The third-order valence-corrected chi connectivity index (χ3v) is 5.27. The molecule has 1 fully saturated rings. The summed E-state index contributed by atoms with van der Waals surface area (Å²) < 4.78 is 5.99. The summed E-state index contributed by atoms with van der Waals surface area (Å²) in [5.74, 6) is 1.25. The van der Waals surface area contributed by atoms with Gasteiger partial charge in [0, 0.05) is 24.2 Å². The monoisotopic (exact) mass is 381 g/mol. The van der Waals surface area contributed by atoms with Gasteiger partial charge in [-0.2, -0.15) is 0 Å². The standard InChI is InChI=1S/C21H20ClN3O2/c1-14-6-4-10-23-19(14)21(26)25-11-5-9-18(25)20-24-13-16(27-20)12-15-7-2-3-8-17(15)22/h2-4,6-8,10,13,18H,5,9,11-12H2,1H3/t18-/m1/s1. The van der Waals surface area contributed by atoms with Crippen molar-refractivity contribution in [1.82, 2.24) is 14.9 Å². The first-order valence-electron chi connectivity index (χ1n) is 9.04. The molecule has 5 nitrogen and oxygen atoms in total. The largest absolute Gasteiger partial charge is 0.443 e. The van der Waals surface area contributed by atoms with Crippen LogP contribution in [-0.4, -0.2) is 27.3 Å². The minimum Gasteiger partial charge on any atom is -0.443 e. The highest BCUT2D eigenvalue weighted by Crippen LogP contribution is 2.33. The van der Waals surface area contributed by atoms with Crippen LogP contribution in [0.25, 0.3) is 0 Å². The van der Waals surface area contributed by atoms with Gasteiger partial charge in [0.05, 0.1) is 6.20 Å². The lowest BCUT2D eigenvalue weighted by molar-refractivity contribution is 0.0708. The van der Waals surface area contributed by atoms with Gasteiger partial charge in [-0.05, 0) is 43.0 Å². The van der Waals surface area contributed by atoms with Gasteiger partial charge in [0.25, 0.3) is 5.91 Å². The van der Waals surface area contributed by atoms with Crippen molar-refractivity contribution in [2.75, 3.05) is 6.54 Å². The van der Waals surface area contributed by atoms with Crippen molar-refractivity contribution < 1.29 is 9.21 Å². The fourth-order valence-corrected chi connectivity index (χ4v) is 3.70. The summed E-state index contributed by atoms with van der Waals surface area (Å²) in [6.07, 6.45) is 5.71. The maximum atomic E-state index is 13.0. The summed E-state index contributed by atoms with van der Waals surface area (Å²) >= 11 is 6.23. The van der Waals surface area contributed by atoms with Gasteiger partial charge in [-0.3, -0.25) is 9.78 Å². The Kier molecular flexibility index (Phi) is 4.94. The number of benzene rings is 1. The Morgan fingerprint density at radius 3 is 2.93 bits per heavy atom. The van der Waals surface area contributed by atoms with Crippen LogP contribution in [0.3, 0.4) is 0 Å². The number of likely N-dealkylation sites (tertiary alicyclic amines) is 1. The van der Waals surface area contributed by atoms with E-state index in [1.54, 1.807) is 12.4 Å². The van der Waals surface area contributed by atoms with Gasteiger partial charge in [-0.1, -0.05) is 35.9 Å². The number of hydrogen-bond donors (Lipinski definition) is 0. The van der Waals surface area contributed by atoms with Crippen LogP contribution in [0.1, 0.15) is 52.1 Å². The molecule has 1 atom stereocenters. The van der Waals surface area contributed by atoms with Crippen LogP contribution in [0.2, 0.25) is 5.02 Å². The van der Waals surface area contributed by atoms with Crippen molar-refractivity contribution >= 4 is 17.5 Å². The number of oxazole rings is 1. The van der Waals surface area contributed by atoms with Crippen LogP contribution < -0.4 is 0 Å². The van der Waals surface area contributed by atoms with E-state index >= 15 is 0 Å². The Bertz CT molecular complexity index is 969. The fraction of sp³-hybridized carbons (Fsp3) is 0.286. The SMILES string of the molecule is Cc1cccnc1C(=O)N1CCC[C@@H]1c1ncc(Cc2ccccc2Cl)o1. The Balaban J connectivity index is 1.55. The van der Waals surface area contributed by atoms with E-state index in [2.05, 4.69) is 9.97 Å². The lowest BCUT2D eigenvalue weighted by atomic mass is 10.1. The molecular weight excluding hydrogens is 362 g/mol. The molecule has 0 bridgehead atoms. The smallest absolute Gasteiger partial charge is 0.273 e. The van der Waals surface area contributed by atoms with Crippen molar-refractivity contribution in [3.05, 3.63) is 82.3 Å². The highest BCUT2D eigenvalue weighted by molar-refractivity contribution is 6.31. The molecule has 27 heavy (non-hydrogen) atoms. The predicted molar refractivity (Wildman–Crippen MR) is 103 cm³/mol. The second kappa shape index (κ2) is 7.53. The molecule has 0 N–H and O–H groups in total. The normalized spacial score (nSPS) is 16.7. The number of halogens is 1. The second-order valence-electron chi connectivity index (χ2n) is 6.76. The molecule has 3 aromatic rings. The number of carbonyl (C=O) groups excluding carboxylic acids is 1. The summed E-state index contributed by atoms with van der Waals surface area (Å²) in [5, 5.41) is 0.707. The predicted octanol–water partition coefficient (Wildman–Crippen LogP) is 4.60. The van der Waals surface area contributed by atoms with E-state index in [4.69, 9.17) is 16.0 Å². The van der Waals surface area contributed by atoms with E-state index in [1.807, 2.05) is 48.2 Å². The lowest BCUT2D eigenvalue weighted by Crippen LogP contribution is -2.31. The number of carbonyl (C=O) groups is 1. The molecule has 1 aliphatic rings. The molecule has 3 heterocycles. The maximum absolute atomic E-state index is 13.0. The summed E-state index contributed by atoms with van der Waals surface area (Å²) in [6.45, 7) is 2.58. The molecule has 0 radical (unpaired) electrons. The topological polar surface area (TPSA) is 59.2 Å². The van der Waals surface area contributed by atoms with Gasteiger partial charge >= 0.3 is 0 Å². The van der Waals surface area contributed by atoms with Crippen molar-refractivity contribution in [3.63, 3.8) is 0 Å². The summed E-state index contributed by atoms with van der Waals surface area (Å²) in [5.41, 5.74) is 2.36. The first kappa shape index (κ1) is 17.7. The molecule has 2 aromatic heterocycles. The maximum Gasteiger partial charge on any atom is 0.273 e. The fourth-order valence-electron chi connectivity index (χ4n) is 3.50. The van der Waals surface area contributed by atoms with E-state index in [9.17, 15) is 4.79 Å². The minimum absolute atomic E-state index is 0.0681. The molecule has 1 saturated heterocycles. The van der Waals surface area contributed by atoms with Gasteiger partial charge in [-0.25, -0.2) is 4.98 Å². The molecule has 6 heteroatoms. The molecule has 1 aromatic carbocycles. The van der Waals surface area contributed by atoms with Crippen LogP contribution in [-0.2, 0) is 6.42 Å². The van der Waals surface area contributed by atoms with E-state index in [1.165, 1.54) is 0 Å². The van der Waals surface area contributed by atoms with Crippen molar-refractivity contribution in [1.29, 1.82) is 0 Å². The summed E-state index contributed by atoms with van der Waals surface area (Å²) in [6, 6.07) is 11.3. The summed E-state index contributed by atoms with van der Waals surface area (Å²) in [4.78, 5) is 23.5.